The first-order valence-corrected chi connectivity index (χ1v) is 4.99. The van der Waals surface area contributed by atoms with Gasteiger partial charge in [-0.3, -0.25) is 0 Å². The maximum atomic E-state index is 5.57. The van der Waals surface area contributed by atoms with Crippen molar-refractivity contribution in [3.05, 3.63) is 0 Å². The maximum absolute atomic E-state index is 5.57. The van der Waals surface area contributed by atoms with E-state index in [1.165, 1.54) is 0 Å². The van der Waals surface area contributed by atoms with Crippen molar-refractivity contribution in [1.29, 1.82) is 0 Å². The molecule has 0 aliphatic heterocycles. The van der Waals surface area contributed by atoms with Crippen LogP contribution in [0.3, 0.4) is 0 Å². The number of alkyl halides is 3. The fourth-order valence-corrected chi connectivity index (χ4v) is 3.42. The summed E-state index contributed by atoms with van der Waals surface area (Å²) in [5.41, 5.74) is 0. The van der Waals surface area contributed by atoms with Crippen molar-refractivity contribution in [3.8, 4) is 0 Å². The minimum atomic E-state index is -0.423. The number of rotatable bonds is 2. The van der Waals surface area contributed by atoms with Crippen LogP contribution >= 0.6 is 34.8 Å². The standard InChI is InChI=1S/C3H7Cl3Si/c1-2(4)7-3(5)6/h2-3H,7H2,1H3. The summed E-state index contributed by atoms with van der Waals surface area (Å²) in [6.45, 7) is 1.92. The van der Waals surface area contributed by atoms with Gasteiger partial charge in [-0.15, -0.1) is 34.8 Å². The van der Waals surface area contributed by atoms with E-state index in [-0.39, 0.29) is 9.46 Å². The highest BCUT2D eigenvalue weighted by Crippen LogP contribution is 2.03. The highest BCUT2D eigenvalue weighted by atomic mass is 35.5. The second-order valence-corrected chi connectivity index (χ2v) is 7.50. The molecular formula is C3H7Cl3Si. The Morgan fingerprint density at radius 3 is 1.71 bits per heavy atom. The molecule has 0 nitrogen and oxygen atoms in total. The van der Waals surface area contributed by atoms with Crippen LogP contribution in [0.1, 0.15) is 6.92 Å². The molecule has 7 heavy (non-hydrogen) atoms. The van der Waals surface area contributed by atoms with Crippen molar-refractivity contribution in [2.24, 2.45) is 0 Å². The first kappa shape index (κ1) is 8.09. The maximum Gasteiger partial charge on any atom is 0.0924 e. The Hall–Kier alpha value is 1.09. The Balaban J connectivity index is 2.95. The second-order valence-electron chi connectivity index (χ2n) is 1.41. The minimum absolute atomic E-state index is 0.174. The zero-order chi connectivity index (χ0) is 5.86. The van der Waals surface area contributed by atoms with Crippen molar-refractivity contribution in [1.82, 2.24) is 0 Å². The molecule has 0 heterocycles. The third kappa shape index (κ3) is 7.09. The van der Waals surface area contributed by atoms with Gasteiger partial charge in [-0.1, -0.05) is 6.92 Å². The lowest BCUT2D eigenvalue weighted by Gasteiger charge is -1.98. The Labute approximate surface area is 61.0 Å². The van der Waals surface area contributed by atoms with E-state index >= 15 is 0 Å². The zero-order valence-electron chi connectivity index (χ0n) is 4.00. The lowest BCUT2D eigenvalue weighted by molar-refractivity contribution is 1.35. The SMILES string of the molecule is CC(Cl)[SiH2]C(Cl)Cl. The zero-order valence-corrected chi connectivity index (χ0v) is 7.68. The van der Waals surface area contributed by atoms with E-state index in [2.05, 4.69) is 0 Å². The minimum Gasteiger partial charge on any atom is -0.127 e. The summed E-state index contributed by atoms with van der Waals surface area (Å²) < 4.78 is -0.174. The average molecular weight is 178 g/mol. The molecule has 4 heteroatoms. The van der Waals surface area contributed by atoms with Gasteiger partial charge in [0, 0.05) is 5.00 Å². The monoisotopic (exact) mass is 176 g/mol. The molecule has 0 aliphatic rings. The molecule has 0 saturated carbocycles. The van der Waals surface area contributed by atoms with Crippen molar-refractivity contribution >= 4 is 44.3 Å². The number of hydrogen-bond donors (Lipinski definition) is 0. The van der Waals surface area contributed by atoms with Crippen LogP contribution in [0.4, 0.5) is 0 Å². The van der Waals surface area contributed by atoms with E-state index in [0.29, 0.717) is 0 Å². The van der Waals surface area contributed by atoms with Crippen LogP contribution in [0, 0.1) is 0 Å². The van der Waals surface area contributed by atoms with Crippen molar-refractivity contribution in [2.75, 3.05) is 0 Å². The van der Waals surface area contributed by atoms with Crippen LogP contribution in [0.15, 0.2) is 0 Å². The fourth-order valence-electron chi connectivity index (χ4n) is 0.246. The Morgan fingerprint density at radius 1 is 1.29 bits per heavy atom. The van der Waals surface area contributed by atoms with Gasteiger partial charge in [0.05, 0.1) is 14.0 Å². The lowest BCUT2D eigenvalue weighted by atomic mass is 11.0. The highest BCUT2D eigenvalue weighted by molar-refractivity contribution is 6.73. The van der Waals surface area contributed by atoms with Gasteiger partial charge in [0.1, 0.15) is 0 Å². The second kappa shape index (κ2) is 4.01. The summed E-state index contributed by atoms with van der Waals surface area (Å²) in [6.07, 6.45) is 0. The lowest BCUT2D eigenvalue weighted by Crippen LogP contribution is -2.11. The highest BCUT2D eigenvalue weighted by Gasteiger charge is 2.03. The van der Waals surface area contributed by atoms with Crippen LogP contribution in [0.25, 0.3) is 0 Å². The molecule has 0 aliphatic carbocycles. The molecule has 0 N–H and O–H groups in total. The average Bonchev–Trinajstić information content (AvgIpc) is 1.27. The van der Waals surface area contributed by atoms with E-state index in [1.807, 2.05) is 6.92 Å². The number of halogens is 3. The summed E-state index contributed by atoms with van der Waals surface area (Å²) in [7, 11) is -0.423. The van der Waals surface area contributed by atoms with E-state index in [1.54, 1.807) is 0 Å². The molecule has 0 aromatic rings. The van der Waals surface area contributed by atoms with Gasteiger partial charge in [-0.05, 0) is 0 Å². The van der Waals surface area contributed by atoms with Crippen LogP contribution in [-0.4, -0.2) is 19.0 Å². The molecule has 0 spiro atoms. The molecule has 0 radical (unpaired) electrons. The molecule has 1 unspecified atom stereocenters. The van der Waals surface area contributed by atoms with Crippen LogP contribution in [-0.2, 0) is 0 Å². The third-order valence-electron chi connectivity index (χ3n) is 0.503. The smallest absolute Gasteiger partial charge is 0.0924 e. The van der Waals surface area contributed by atoms with Crippen LogP contribution in [0.2, 0.25) is 0 Å². The van der Waals surface area contributed by atoms with Gasteiger partial charge in [0.25, 0.3) is 0 Å². The first-order valence-electron chi connectivity index (χ1n) is 2.05. The molecular weight excluding hydrogens is 170 g/mol. The van der Waals surface area contributed by atoms with Crippen LogP contribution in [0.5, 0.6) is 0 Å². The Morgan fingerprint density at radius 2 is 1.71 bits per heavy atom. The summed E-state index contributed by atoms with van der Waals surface area (Å²) in [5.74, 6) is 0. The molecule has 0 amide bonds. The summed E-state index contributed by atoms with van der Waals surface area (Å²) >= 11 is 16.4. The Kier molecular flexibility index (Phi) is 4.64. The number of hydrogen-bond acceptors (Lipinski definition) is 0. The predicted molar refractivity (Wildman–Crippen MR) is 39.4 cm³/mol. The van der Waals surface area contributed by atoms with E-state index in [4.69, 9.17) is 34.8 Å². The molecule has 1 atom stereocenters. The Bertz CT molecular complexity index is 39.4. The largest absolute Gasteiger partial charge is 0.127 e. The van der Waals surface area contributed by atoms with Crippen molar-refractivity contribution in [3.63, 3.8) is 0 Å². The van der Waals surface area contributed by atoms with E-state index in [9.17, 15) is 0 Å². The van der Waals surface area contributed by atoms with E-state index < -0.39 is 9.52 Å². The molecule has 0 aromatic carbocycles. The summed E-state index contributed by atoms with van der Waals surface area (Å²) in [5, 5.41) is 0.222. The first-order chi connectivity index (χ1) is 3.13. The van der Waals surface area contributed by atoms with Crippen LogP contribution < -0.4 is 0 Å². The topological polar surface area (TPSA) is 0 Å². The van der Waals surface area contributed by atoms with Crippen molar-refractivity contribution in [2.45, 2.75) is 16.4 Å². The third-order valence-corrected chi connectivity index (χ3v) is 3.11. The van der Waals surface area contributed by atoms with Gasteiger partial charge in [0.2, 0.25) is 0 Å². The molecule has 0 rings (SSSR count). The summed E-state index contributed by atoms with van der Waals surface area (Å²) in [4.78, 5) is 0. The molecule has 0 fully saturated rings. The normalized spacial score (nSPS) is 16.7. The molecule has 0 bridgehead atoms. The quantitative estimate of drug-likeness (QED) is 0.443. The van der Waals surface area contributed by atoms with Gasteiger partial charge in [-0.2, -0.15) is 0 Å². The fraction of sp³-hybridized carbons (Fsp3) is 1.00. The van der Waals surface area contributed by atoms with Gasteiger partial charge in [-0.25, -0.2) is 0 Å². The van der Waals surface area contributed by atoms with E-state index in [0.717, 1.165) is 0 Å². The predicted octanol–water partition coefficient (Wildman–Crippen LogP) is 1.50. The van der Waals surface area contributed by atoms with Gasteiger partial charge >= 0.3 is 0 Å². The molecule has 0 saturated heterocycles. The molecule has 0 aromatic heterocycles. The van der Waals surface area contributed by atoms with Gasteiger partial charge in [0.15, 0.2) is 0 Å². The molecule has 44 valence electrons. The van der Waals surface area contributed by atoms with Gasteiger partial charge < -0.3 is 0 Å². The van der Waals surface area contributed by atoms with Crippen molar-refractivity contribution < 1.29 is 0 Å². The summed E-state index contributed by atoms with van der Waals surface area (Å²) in [6, 6.07) is 0.